The van der Waals surface area contributed by atoms with Crippen LogP contribution in [0.15, 0.2) is 42.7 Å². The maximum absolute atomic E-state index is 13.0. The summed E-state index contributed by atoms with van der Waals surface area (Å²) in [5, 5.41) is 0.126. The highest BCUT2D eigenvalue weighted by Gasteiger charge is 2.08. The molecule has 4 heteroatoms. The smallest absolute Gasteiger partial charge is 0.141 e. The normalized spacial score (nSPS) is 12.4. The topological polar surface area (TPSA) is 38.9 Å². The molecule has 2 aromatic rings. The maximum Gasteiger partial charge on any atom is 0.141 e. The fourth-order valence-corrected chi connectivity index (χ4v) is 1.84. The van der Waals surface area contributed by atoms with Gasteiger partial charge in [-0.2, -0.15) is 0 Å². The zero-order valence-corrected chi connectivity index (χ0v) is 9.86. The highest BCUT2D eigenvalue weighted by atomic mass is 35.5. The molecule has 0 bridgehead atoms. The molecule has 0 radical (unpaired) electrons. The minimum Gasteiger partial charge on any atom is -0.324 e. The van der Waals surface area contributed by atoms with Crippen molar-refractivity contribution in [3.63, 3.8) is 0 Å². The number of halogens is 2. The summed E-state index contributed by atoms with van der Waals surface area (Å²) >= 11 is 5.72. The molecule has 0 saturated carbocycles. The van der Waals surface area contributed by atoms with Crippen LogP contribution in [0.4, 0.5) is 4.39 Å². The molecule has 0 saturated heterocycles. The first-order chi connectivity index (χ1) is 8.16. The van der Waals surface area contributed by atoms with E-state index in [1.54, 1.807) is 24.5 Å². The molecule has 17 heavy (non-hydrogen) atoms. The van der Waals surface area contributed by atoms with Gasteiger partial charge in [0, 0.05) is 18.4 Å². The van der Waals surface area contributed by atoms with Crippen molar-refractivity contribution in [2.75, 3.05) is 0 Å². The Morgan fingerprint density at radius 3 is 2.82 bits per heavy atom. The lowest BCUT2D eigenvalue weighted by atomic mass is 10.0. The van der Waals surface area contributed by atoms with Gasteiger partial charge in [0.2, 0.25) is 0 Å². The summed E-state index contributed by atoms with van der Waals surface area (Å²) in [5.74, 6) is -0.412. The molecule has 1 heterocycles. The standard InChI is InChI=1S/C13H12ClFN2/c14-11-6-9(3-4-12(11)15)7-13(16)10-2-1-5-17-8-10/h1-6,8,13H,7,16H2. The minimum atomic E-state index is -0.412. The summed E-state index contributed by atoms with van der Waals surface area (Å²) in [6.45, 7) is 0. The first kappa shape index (κ1) is 12.0. The van der Waals surface area contributed by atoms with Crippen LogP contribution in [0.3, 0.4) is 0 Å². The minimum absolute atomic E-state index is 0.126. The number of benzene rings is 1. The van der Waals surface area contributed by atoms with Gasteiger partial charge in [0.25, 0.3) is 0 Å². The maximum atomic E-state index is 13.0. The number of hydrogen-bond donors (Lipinski definition) is 1. The first-order valence-corrected chi connectivity index (χ1v) is 5.64. The van der Waals surface area contributed by atoms with E-state index in [0.717, 1.165) is 11.1 Å². The predicted octanol–water partition coefficient (Wildman–Crippen LogP) is 3.12. The Balaban J connectivity index is 2.13. The molecule has 0 fully saturated rings. The molecule has 0 spiro atoms. The van der Waals surface area contributed by atoms with E-state index in [4.69, 9.17) is 17.3 Å². The number of hydrogen-bond acceptors (Lipinski definition) is 2. The van der Waals surface area contributed by atoms with Crippen molar-refractivity contribution >= 4 is 11.6 Å². The van der Waals surface area contributed by atoms with Crippen LogP contribution < -0.4 is 5.73 Å². The van der Waals surface area contributed by atoms with Crippen LogP contribution in [0, 0.1) is 5.82 Å². The average molecular weight is 251 g/mol. The highest BCUT2D eigenvalue weighted by molar-refractivity contribution is 6.30. The van der Waals surface area contributed by atoms with Gasteiger partial charge in [-0.3, -0.25) is 4.98 Å². The van der Waals surface area contributed by atoms with E-state index in [1.807, 2.05) is 12.1 Å². The van der Waals surface area contributed by atoms with Crippen LogP contribution in [0.25, 0.3) is 0 Å². The molecule has 1 aromatic carbocycles. The second kappa shape index (κ2) is 5.25. The highest BCUT2D eigenvalue weighted by Crippen LogP contribution is 2.20. The van der Waals surface area contributed by atoms with Crippen molar-refractivity contribution in [2.45, 2.75) is 12.5 Å². The van der Waals surface area contributed by atoms with E-state index >= 15 is 0 Å². The lowest BCUT2D eigenvalue weighted by Gasteiger charge is -2.11. The zero-order chi connectivity index (χ0) is 12.3. The van der Waals surface area contributed by atoms with Gasteiger partial charge in [-0.1, -0.05) is 23.7 Å². The molecular weight excluding hydrogens is 239 g/mol. The summed E-state index contributed by atoms with van der Waals surface area (Å²) < 4.78 is 13.0. The molecule has 2 N–H and O–H groups in total. The lowest BCUT2D eigenvalue weighted by molar-refractivity contribution is 0.626. The number of nitrogens with two attached hydrogens (primary N) is 1. The van der Waals surface area contributed by atoms with Crippen LogP contribution in [-0.4, -0.2) is 4.98 Å². The van der Waals surface area contributed by atoms with Crippen molar-refractivity contribution in [3.8, 4) is 0 Å². The number of nitrogens with zero attached hydrogens (tertiary/aromatic N) is 1. The van der Waals surface area contributed by atoms with E-state index in [0.29, 0.717) is 6.42 Å². The summed E-state index contributed by atoms with van der Waals surface area (Å²) in [5.41, 5.74) is 7.90. The van der Waals surface area contributed by atoms with E-state index in [2.05, 4.69) is 4.98 Å². The Hall–Kier alpha value is -1.45. The van der Waals surface area contributed by atoms with Gasteiger partial charge in [0.1, 0.15) is 5.82 Å². The predicted molar refractivity (Wildman–Crippen MR) is 66.3 cm³/mol. The SMILES string of the molecule is NC(Cc1ccc(F)c(Cl)c1)c1cccnc1. The van der Waals surface area contributed by atoms with Gasteiger partial charge in [-0.05, 0) is 35.7 Å². The molecule has 0 aliphatic heterocycles. The van der Waals surface area contributed by atoms with Crippen LogP contribution in [-0.2, 0) is 6.42 Å². The molecule has 2 rings (SSSR count). The monoisotopic (exact) mass is 250 g/mol. The third-order valence-corrected chi connectivity index (χ3v) is 2.84. The van der Waals surface area contributed by atoms with Gasteiger partial charge in [-0.15, -0.1) is 0 Å². The van der Waals surface area contributed by atoms with Crippen LogP contribution in [0.5, 0.6) is 0 Å². The van der Waals surface area contributed by atoms with Gasteiger partial charge >= 0.3 is 0 Å². The molecule has 1 atom stereocenters. The van der Waals surface area contributed by atoms with Gasteiger partial charge < -0.3 is 5.73 Å². The third-order valence-electron chi connectivity index (χ3n) is 2.55. The van der Waals surface area contributed by atoms with Crippen molar-refractivity contribution < 1.29 is 4.39 Å². The van der Waals surface area contributed by atoms with E-state index in [9.17, 15) is 4.39 Å². The third kappa shape index (κ3) is 3.02. The zero-order valence-electron chi connectivity index (χ0n) is 9.11. The Morgan fingerprint density at radius 2 is 2.18 bits per heavy atom. The van der Waals surface area contributed by atoms with Crippen molar-refractivity contribution in [1.82, 2.24) is 4.98 Å². The summed E-state index contributed by atoms with van der Waals surface area (Å²) in [4.78, 5) is 4.01. The number of aromatic nitrogens is 1. The van der Waals surface area contributed by atoms with E-state index in [1.165, 1.54) is 6.07 Å². The van der Waals surface area contributed by atoms with Crippen LogP contribution >= 0.6 is 11.6 Å². The Kier molecular flexibility index (Phi) is 3.71. The Morgan fingerprint density at radius 1 is 1.35 bits per heavy atom. The molecule has 88 valence electrons. The van der Waals surface area contributed by atoms with E-state index < -0.39 is 5.82 Å². The quantitative estimate of drug-likeness (QED) is 0.909. The van der Waals surface area contributed by atoms with Crippen molar-refractivity contribution in [3.05, 3.63) is 64.7 Å². The van der Waals surface area contributed by atoms with Crippen molar-refractivity contribution in [2.24, 2.45) is 5.73 Å². The second-order valence-corrected chi connectivity index (χ2v) is 4.25. The molecule has 2 nitrogen and oxygen atoms in total. The molecular formula is C13H12ClFN2. The van der Waals surface area contributed by atoms with Crippen LogP contribution in [0.2, 0.25) is 5.02 Å². The van der Waals surface area contributed by atoms with Gasteiger partial charge in [0.05, 0.1) is 5.02 Å². The van der Waals surface area contributed by atoms with Crippen molar-refractivity contribution in [1.29, 1.82) is 0 Å². The summed E-state index contributed by atoms with van der Waals surface area (Å²) in [7, 11) is 0. The fraction of sp³-hybridized carbons (Fsp3) is 0.154. The number of rotatable bonds is 3. The molecule has 0 aliphatic carbocycles. The Labute approximate surface area is 104 Å². The molecule has 1 unspecified atom stereocenters. The molecule has 0 aliphatic rings. The molecule has 1 aromatic heterocycles. The Bertz CT molecular complexity index is 502. The lowest BCUT2D eigenvalue weighted by Crippen LogP contribution is -2.13. The first-order valence-electron chi connectivity index (χ1n) is 5.26. The summed E-state index contributed by atoms with van der Waals surface area (Å²) in [6, 6.07) is 8.25. The molecule has 0 amide bonds. The average Bonchev–Trinajstić information content (AvgIpc) is 2.35. The summed E-state index contributed by atoms with van der Waals surface area (Å²) in [6.07, 6.45) is 4.03. The van der Waals surface area contributed by atoms with E-state index in [-0.39, 0.29) is 11.1 Å². The second-order valence-electron chi connectivity index (χ2n) is 3.85. The largest absolute Gasteiger partial charge is 0.324 e. The van der Waals surface area contributed by atoms with Crippen LogP contribution in [0.1, 0.15) is 17.2 Å². The number of pyridine rings is 1. The van der Waals surface area contributed by atoms with Gasteiger partial charge in [0.15, 0.2) is 0 Å². The van der Waals surface area contributed by atoms with Gasteiger partial charge in [-0.25, -0.2) is 4.39 Å². The fourth-order valence-electron chi connectivity index (χ4n) is 1.63.